The summed E-state index contributed by atoms with van der Waals surface area (Å²) in [5.74, 6) is 0.0267. The highest BCUT2D eigenvalue weighted by Crippen LogP contribution is 2.27. The lowest BCUT2D eigenvalue weighted by molar-refractivity contribution is 0.0602. The molecule has 0 saturated carbocycles. The standard InChI is InChI=1S/C20H16N4O5S2/c1-28-20(25)18-16(8-11-30-18)31(26,27)24-15-5-3-2-4-14(15)12-17-22-19(23-29-17)13-6-9-21-10-7-13/h2-11,24H,12H2,1H3. The first-order valence-corrected chi connectivity index (χ1v) is 11.3. The highest BCUT2D eigenvalue weighted by molar-refractivity contribution is 7.93. The van der Waals surface area contributed by atoms with Crippen LogP contribution in [0.4, 0.5) is 5.69 Å². The zero-order chi connectivity index (χ0) is 21.8. The molecule has 3 heterocycles. The number of carbonyl (C=O) groups excluding carboxylic acids is 1. The molecule has 0 aliphatic carbocycles. The maximum atomic E-state index is 12.9. The molecule has 158 valence electrons. The van der Waals surface area contributed by atoms with Crippen molar-refractivity contribution in [2.24, 2.45) is 0 Å². The minimum absolute atomic E-state index is 0.00590. The zero-order valence-electron chi connectivity index (χ0n) is 16.2. The molecule has 4 rings (SSSR count). The average Bonchev–Trinajstić information content (AvgIpc) is 3.45. The second-order valence-electron chi connectivity index (χ2n) is 6.29. The second kappa shape index (κ2) is 8.66. The summed E-state index contributed by atoms with van der Waals surface area (Å²) in [5.41, 5.74) is 1.73. The molecule has 1 aromatic carbocycles. The van der Waals surface area contributed by atoms with Crippen LogP contribution in [0.5, 0.6) is 0 Å². The van der Waals surface area contributed by atoms with Crippen molar-refractivity contribution in [3.05, 3.63) is 76.6 Å². The number of aromatic nitrogens is 3. The first kappa shape index (κ1) is 20.7. The topological polar surface area (TPSA) is 124 Å². The summed E-state index contributed by atoms with van der Waals surface area (Å²) >= 11 is 0.996. The molecule has 0 fully saturated rings. The molecule has 0 bridgehead atoms. The van der Waals surface area contributed by atoms with E-state index < -0.39 is 16.0 Å². The van der Waals surface area contributed by atoms with Gasteiger partial charge in [-0.05, 0) is 35.2 Å². The lowest BCUT2D eigenvalue weighted by Crippen LogP contribution is -2.16. The van der Waals surface area contributed by atoms with Crippen LogP contribution in [-0.4, -0.2) is 36.6 Å². The lowest BCUT2D eigenvalue weighted by atomic mass is 10.1. The summed E-state index contributed by atoms with van der Waals surface area (Å²) in [5, 5.41) is 5.48. The Kier molecular flexibility index (Phi) is 5.78. The van der Waals surface area contributed by atoms with Crippen LogP contribution in [0.1, 0.15) is 21.1 Å². The third-order valence-electron chi connectivity index (χ3n) is 4.30. The number of hydrogen-bond donors (Lipinski definition) is 1. The number of rotatable bonds is 7. The van der Waals surface area contributed by atoms with Crippen molar-refractivity contribution in [2.75, 3.05) is 11.8 Å². The van der Waals surface area contributed by atoms with E-state index in [-0.39, 0.29) is 16.2 Å². The molecular weight excluding hydrogens is 440 g/mol. The number of hydrogen-bond acceptors (Lipinski definition) is 9. The number of anilines is 1. The van der Waals surface area contributed by atoms with Gasteiger partial charge in [-0.1, -0.05) is 23.4 Å². The van der Waals surface area contributed by atoms with E-state index in [0.717, 1.165) is 16.9 Å². The Bertz CT molecular complexity index is 1320. The number of carbonyl (C=O) groups is 1. The Labute approximate surface area is 181 Å². The number of nitrogens with zero attached hydrogens (tertiary/aromatic N) is 3. The Morgan fingerprint density at radius 3 is 2.71 bits per heavy atom. The number of pyridine rings is 1. The molecule has 0 aliphatic rings. The minimum Gasteiger partial charge on any atom is -0.465 e. The molecule has 0 spiro atoms. The van der Waals surface area contributed by atoms with Gasteiger partial charge >= 0.3 is 5.97 Å². The number of ether oxygens (including phenoxy) is 1. The molecule has 1 N–H and O–H groups in total. The largest absolute Gasteiger partial charge is 0.465 e. The van der Waals surface area contributed by atoms with Crippen LogP contribution in [0.3, 0.4) is 0 Å². The zero-order valence-corrected chi connectivity index (χ0v) is 17.8. The third-order valence-corrected chi connectivity index (χ3v) is 6.73. The van der Waals surface area contributed by atoms with Crippen molar-refractivity contribution < 1.29 is 22.5 Å². The SMILES string of the molecule is COC(=O)c1sccc1S(=O)(=O)Nc1ccccc1Cc1nc(-c2ccncc2)no1. The number of para-hydroxylation sites is 1. The summed E-state index contributed by atoms with van der Waals surface area (Å²) in [6, 6.07) is 11.7. The first-order chi connectivity index (χ1) is 15.0. The summed E-state index contributed by atoms with van der Waals surface area (Å²) < 4.78 is 38.4. The maximum Gasteiger partial charge on any atom is 0.349 e. The Morgan fingerprint density at radius 1 is 1.16 bits per heavy atom. The average molecular weight is 457 g/mol. The lowest BCUT2D eigenvalue weighted by Gasteiger charge is -2.11. The van der Waals surface area contributed by atoms with Gasteiger partial charge < -0.3 is 9.26 Å². The van der Waals surface area contributed by atoms with Crippen LogP contribution < -0.4 is 4.72 Å². The molecule has 0 saturated heterocycles. The van der Waals surface area contributed by atoms with Crippen molar-refractivity contribution >= 4 is 33.0 Å². The summed E-state index contributed by atoms with van der Waals surface area (Å²) in [4.78, 5) is 20.1. The number of esters is 1. The summed E-state index contributed by atoms with van der Waals surface area (Å²) in [7, 11) is -2.82. The molecule has 0 amide bonds. The van der Waals surface area contributed by atoms with E-state index >= 15 is 0 Å². The first-order valence-electron chi connectivity index (χ1n) is 8.97. The van der Waals surface area contributed by atoms with Crippen LogP contribution in [0.15, 0.2) is 69.7 Å². The number of nitrogens with one attached hydrogen (secondary N) is 1. The van der Waals surface area contributed by atoms with Crippen molar-refractivity contribution in [1.82, 2.24) is 15.1 Å². The van der Waals surface area contributed by atoms with Gasteiger partial charge in [0.25, 0.3) is 10.0 Å². The van der Waals surface area contributed by atoms with E-state index in [1.807, 2.05) is 0 Å². The molecule has 31 heavy (non-hydrogen) atoms. The minimum atomic E-state index is -4.02. The van der Waals surface area contributed by atoms with Crippen LogP contribution in [0, 0.1) is 0 Å². The van der Waals surface area contributed by atoms with Gasteiger partial charge in [0.05, 0.1) is 19.2 Å². The highest BCUT2D eigenvalue weighted by atomic mass is 32.2. The van der Waals surface area contributed by atoms with E-state index in [1.54, 1.807) is 48.8 Å². The van der Waals surface area contributed by atoms with E-state index in [4.69, 9.17) is 4.52 Å². The molecule has 0 unspecified atom stereocenters. The molecule has 9 nitrogen and oxygen atoms in total. The van der Waals surface area contributed by atoms with Crippen LogP contribution in [-0.2, 0) is 21.2 Å². The monoisotopic (exact) mass is 456 g/mol. The van der Waals surface area contributed by atoms with Gasteiger partial charge in [-0.15, -0.1) is 11.3 Å². The van der Waals surface area contributed by atoms with Gasteiger partial charge in [-0.2, -0.15) is 4.98 Å². The fraction of sp³-hybridized carbons (Fsp3) is 0.100. The number of benzene rings is 1. The Morgan fingerprint density at radius 2 is 1.94 bits per heavy atom. The van der Waals surface area contributed by atoms with Crippen LogP contribution in [0.25, 0.3) is 11.4 Å². The van der Waals surface area contributed by atoms with E-state index in [2.05, 4.69) is 24.6 Å². The van der Waals surface area contributed by atoms with E-state index in [0.29, 0.717) is 23.0 Å². The summed E-state index contributed by atoms with van der Waals surface area (Å²) in [6.07, 6.45) is 3.47. The fourth-order valence-corrected chi connectivity index (χ4v) is 5.27. The van der Waals surface area contributed by atoms with Crippen molar-refractivity contribution in [3.8, 4) is 11.4 Å². The van der Waals surface area contributed by atoms with Crippen molar-refractivity contribution in [3.63, 3.8) is 0 Å². The predicted octanol–water partition coefficient (Wildman–Crippen LogP) is 3.37. The second-order valence-corrected chi connectivity index (χ2v) is 8.86. The Hall–Kier alpha value is -3.57. The van der Waals surface area contributed by atoms with Gasteiger partial charge in [0.15, 0.2) is 0 Å². The third kappa shape index (κ3) is 4.47. The van der Waals surface area contributed by atoms with Gasteiger partial charge in [0, 0.05) is 18.0 Å². The van der Waals surface area contributed by atoms with Gasteiger partial charge in [0.2, 0.25) is 11.7 Å². The van der Waals surface area contributed by atoms with Crippen molar-refractivity contribution in [2.45, 2.75) is 11.3 Å². The molecule has 3 aromatic heterocycles. The highest BCUT2D eigenvalue weighted by Gasteiger charge is 2.25. The maximum absolute atomic E-state index is 12.9. The molecule has 11 heteroatoms. The number of methoxy groups -OCH3 is 1. The smallest absolute Gasteiger partial charge is 0.349 e. The normalized spacial score (nSPS) is 11.3. The Balaban J connectivity index is 1.59. The van der Waals surface area contributed by atoms with Crippen LogP contribution >= 0.6 is 11.3 Å². The van der Waals surface area contributed by atoms with Crippen LogP contribution in [0.2, 0.25) is 0 Å². The van der Waals surface area contributed by atoms with Crippen molar-refractivity contribution in [1.29, 1.82) is 0 Å². The number of thiophene rings is 1. The molecular formula is C20H16N4O5S2. The number of sulfonamides is 1. The van der Waals surface area contributed by atoms with E-state index in [9.17, 15) is 13.2 Å². The summed E-state index contributed by atoms with van der Waals surface area (Å²) in [6.45, 7) is 0. The van der Waals surface area contributed by atoms with E-state index in [1.165, 1.54) is 18.6 Å². The fourth-order valence-electron chi connectivity index (χ4n) is 2.83. The molecule has 0 radical (unpaired) electrons. The molecule has 0 atom stereocenters. The molecule has 4 aromatic rings. The van der Waals surface area contributed by atoms with Gasteiger partial charge in [0.1, 0.15) is 9.77 Å². The van der Waals surface area contributed by atoms with Gasteiger partial charge in [-0.3, -0.25) is 9.71 Å². The molecule has 0 aliphatic heterocycles. The predicted molar refractivity (Wildman–Crippen MR) is 113 cm³/mol. The van der Waals surface area contributed by atoms with Gasteiger partial charge in [-0.25, -0.2) is 13.2 Å². The quantitative estimate of drug-likeness (QED) is 0.420.